The predicted molar refractivity (Wildman–Crippen MR) is 233 cm³/mol. The minimum Gasteiger partial charge on any atom is -0.310 e. The quantitative estimate of drug-likeness (QED) is 0.161. The van der Waals surface area contributed by atoms with Gasteiger partial charge >= 0.3 is 0 Å². The summed E-state index contributed by atoms with van der Waals surface area (Å²) < 4.78 is 5.32. The largest absolute Gasteiger partial charge is 0.310 e. The van der Waals surface area contributed by atoms with Gasteiger partial charge in [0.25, 0.3) is 0 Å². The monoisotopic (exact) mass is 709 g/mol. The van der Waals surface area contributed by atoms with Crippen LogP contribution >= 0.6 is 22.7 Å². The van der Waals surface area contributed by atoms with Gasteiger partial charge in [0.1, 0.15) is 0 Å². The normalized spacial score (nSPS) is 11.8. The summed E-state index contributed by atoms with van der Waals surface area (Å²) in [5.41, 5.74) is 8.30. The van der Waals surface area contributed by atoms with E-state index in [0.29, 0.717) is 0 Å². The highest BCUT2D eigenvalue weighted by atomic mass is 32.1. The fourth-order valence-electron chi connectivity index (χ4n) is 8.10. The fourth-order valence-corrected chi connectivity index (χ4v) is 10.6. The molecule has 0 aliphatic rings. The van der Waals surface area contributed by atoms with Crippen LogP contribution in [0.3, 0.4) is 0 Å². The third-order valence-corrected chi connectivity index (χ3v) is 13.0. The van der Waals surface area contributed by atoms with Crippen LogP contribution in [-0.4, -0.2) is 0 Å². The van der Waals surface area contributed by atoms with E-state index < -0.39 is 0 Å². The minimum atomic E-state index is 1.13. The number of fused-ring (bicyclic) bond motifs is 10. The van der Waals surface area contributed by atoms with Crippen molar-refractivity contribution < 1.29 is 0 Å². The lowest BCUT2D eigenvalue weighted by atomic mass is 9.97. The van der Waals surface area contributed by atoms with Crippen molar-refractivity contribution in [1.29, 1.82) is 0 Å². The molecule has 0 aliphatic carbocycles. The Morgan fingerprint density at radius 2 is 0.906 bits per heavy atom. The Morgan fingerprint density at radius 3 is 1.70 bits per heavy atom. The molecule has 0 atom stereocenters. The molecule has 0 saturated carbocycles. The number of benzene rings is 9. The number of nitrogens with zero attached hydrogens (tertiary/aromatic N) is 1. The molecule has 1 nitrogen and oxygen atoms in total. The maximum absolute atomic E-state index is 2.45. The van der Waals surface area contributed by atoms with E-state index in [0.717, 1.165) is 11.4 Å². The minimum absolute atomic E-state index is 1.13. The summed E-state index contributed by atoms with van der Waals surface area (Å²) in [6, 6.07) is 69.0. The second-order valence-corrected chi connectivity index (χ2v) is 15.8. The summed E-state index contributed by atoms with van der Waals surface area (Å²) in [5, 5.41) is 10.4. The van der Waals surface area contributed by atoms with Gasteiger partial charge in [-0.15, -0.1) is 22.7 Å². The molecule has 0 radical (unpaired) electrons. The Kier molecular flexibility index (Phi) is 6.97. The molecule has 248 valence electrons. The summed E-state index contributed by atoms with van der Waals surface area (Å²) >= 11 is 3.80. The van der Waals surface area contributed by atoms with Gasteiger partial charge in [0.05, 0.1) is 5.69 Å². The zero-order valence-corrected chi connectivity index (χ0v) is 30.3. The van der Waals surface area contributed by atoms with Crippen molar-refractivity contribution in [3.05, 3.63) is 188 Å². The predicted octanol–water partition coefficient (Wildman–Crippen LogP) is 15.5. The maximum Gasteiger partial charge on any atom is 0.0555 e. The Labute approximate surface area is 315 Å². The molecule has 0 spiro atoms. The van der Waals surface area contributed by atoms with Gasteiger partial charge in [-0.05, 0) is 98.4 Å². The average molecular weight is 710 g/mol. The summed E-state index contributed by atoms with van der Waals surface area (Å²) in [6.07, 6.45) is 0. The molecule has 0 saturated heterocycles. The highest BCUT2D eigenvalue weighted by Gasteiger charge is 2.21. The summed E-state index contributed by atoms with van der Waals surface area (Å²) in [5.74, 6) is 0. The highest BCUT2D eigenvalue weighted by Crippen LogP contribution is 2.49. The molecule has 0 fully saturated rings. The second kappa shape index (κ2) is 12.2. The molecule has 0 N–H and O–H groups in total. The van der Waals surface area contributed by atoms with E-state index in [1.165, 1.54) is 89.8 Å². The van der Waals surface area contributed by atoms with Crippen LogP contribution in [0.25, 0.3) is 84.1 Å². The molecule has 11 rings (SSSR count). The molecule has 2 aromatic heterocycles. The van der Waals surface area contributed by atoms with E-state index in [9.17, 15) is 0 Å². The van der Waals surface area contributed by atoms with Crippen molar-refractivity contribution in [1.82, 2.24) is 0 Å². The van der Waals surface area contributed by atoms with Gasteiger partial charge in [-0.3, -0.25) is 0 Å². The van der Waals surface area contributed by atoms with Crippen molar-refractivity contribution in [3.8, 4) is 22.3 Å². The second-order valence-electron chi connectivity index (χ2n) is 13.7. The Balaban J connectivity index is 1.10. The number of hydrogen-bond acceptors (Lipinski definition) is 3. The van der Waals surface area contributed by atoms with Crippen LogP contribution in [0.15, 0.2) is 188 Å². The number of anilines is 3. The number of thiophene rings is 2. The van der Waals surface area contributed by atoms with Crippen LogP contribution < -0.4 is 4.90 Å². The van der Waals surface area contributed by atoms with Crippen molar-refractivity contribution in [2.24, 2.45) is 0 Å². The molecule has 2 heterocycles. The van der Waals surface area contributed by atoms with E-state index in [1.807, 2.05) is 22.7 Å². The first-order chi connectivity index (χ1) is 26.3. The number of hydrogen-bond donors (Lipinski definition) is 0. The summed E-state index contributed by atoms with van der Waals surface area (Å²) in [4.78, 5) is 2.45. The van der Waals surface area contributed by atoms with Crippen molar-refractivity contribution in [2.75, 3.05) is 4.90 Å². The van der Waals surface area contributed by atoms with E-state index in [1.54, 1.807) is 0 Å². The Hall–Kier alpha value is -6.26. The number of rotatable bonds is 5. The van der Waals surface area contributed by atoms with Crippen LogP contribution in [0.1, 0.15) is 0 Å². The zero-order chi connectivity index (χ0) is 34.9. The van der Waals surface area contributed by atoms with Gasteiger partial charge in [-0.2, -0.15) is 0 Å². The van der Waals surface area contributed by atoms with Gasteiger partial charge in [-0.25, -0.2) is 0 Å². The molecule has 0 bridgehead atoms. The van der Waals surface area contributed by atoms with Crippen molar-refractivity contribution in [2.45, 2.75) is 0 Å². The van der Waals surface area contributed by atoms with Crippen LogP contribution in [0, 0.1) is 0 Å². The molecular formula is C50H31NS2. The molecular weight excluding hydrogens is 679 g/mol. The molecule has 3 heteroatoms. The summed E-state index contributed by atoms with van der Waals surface area (Å²) in [6.45, 7) is 0. The van der Waals surface area contributed by atoms with Gasteiger partial charge in [0.15, 0.2) is 0 Å². The Morgan fingerprint density at radius 1 is 0.321 bits per heavy atom. The van der Waals surface area contributed by atoms with Crippen molar-refractivity contribution in [3.63, 3.8) is 0 Å². The van der Waals surface area contributed by atoms with E-state index in [4.69, 9.17) is 0 Å². The van der Waals surface area contributed by atoms with Gasteiger partial charge < -0.3 is 4.90 Å². The van der Waals surface area contributed by atoms with Crippen LogP contribution in [0.2, 0.25) is 0 Å². The maximum atomic E-state index is 2.45. The Bertz CT molecular complexity index is 3150. The van der Waals surface area contributed by atoms with E-state index in [2.05, 4.69) is 193 Å². The molecule has 53 heavy (non-hydrogen) atoms. The molecule has 11 aromatic rings. The smallest absolute Gasteiger partial charge is 0.0555 e. The third-order valence-electron chi connectivity index (χ3n) is 10.7. The average Bonchev–Trinajstić information content (AvgIpc) is 3.81. The summed E-state index contributed by atoms with van der Waals surface area (Å²) in [7, 11) is 0. The van der Waals surface area contributed by atoms with E-state index in [-0.39, 0.29) is 0 Å². The third kappa shape index (κ3) is 4.97. The lowest BCUT2D eigenvalue weighted by Crippen LogP contribution is -2.10. The van der Waals surface area contributed by atoms with Crippen molar-refractivity contribution >= 4 is 102 Å². The lowest BCUT2D eigenvalue weighted by Gasteiger charge is -2.27. The molecule has 9 aromatic carbocycles. The first kappa shape index (κ1) is 30.4. The van der Waals surface area contributed by atoms with Crippen LogP contribution in [-0.2, 0) is 0 Å². The molecule has 0 unspecified atom stereocenters. The molecule has 0 aliphatic heterocycles. The van der Waals surface area contributed by atoms with Crippen LogP contribution in [0.5, 0.6) is 0 Å². The lowest BCUT2D eigenvalue weighted by molar-refractivity contribution is 1.30. The molecule has 0 amide bonds. The first-order valence-corrected chi connectivity index (χ1v) is 19.6. The van der Waals surface area contributed by atoms with Crippen LogP contribution in [0.4, 0.5) is 17.1 Å². The zero-order valence-electron chi connectivity index (χ0n) is 28.7. The van der Waals surface area contributed by atoms with E-state index >= 15 is 0 Å². The first-order valence-electron chi connectivity index (χ1n) is 18.0. The highest BCUT2D eigenvalue weighted by molar-refractivity contribution is 7.29. The van der Waals surface area contributed by atoms with Gasteiger partial charge in [0.2, 0.25) is 0 Å². The standard InChI is InChI=1S/C50H31NS2/c1-2-9-32(10-3-1)33-21-25-38(26-22-33)51(39-27-23-34(24-28-39)37-20-19-36-18-17-35-11-4-5-12-40(35)43(36)31-37)44-14-8-16-46-48(44)49-47(52-46)30-29-42-41-13-6-7-15-45(41)53-50(42)49/h1-31H. The fraction of sp³-hybridized carbons (Fsp3) is 0. The van der Waals surface area contributed by atoms with Gasteiger partial charge in [0, 0.05) is 51.7 Å². The SMILES string of the molecule is c1ccc(-c2ccc(N(c3ccc(-c4ccc5ccc6ccccc6c5c4)cc3)c3cccc4sc5ccc6c7ccccc7sc6c5c34)cc2)cc1. The van der Waals surface area contributed by atoms with Gasteiger partial charge in [-0.1, -0.05) is 133 Å². The topological polar surface area (TPSA) is 3.24 Å².